The Morgan fingerprint density at radius 1 is 1.00 bits per heavy atom. The van der Waals surface area contributed by atoms with Crippen LogP contribution < -0.4 is 27.4 Å². The summed E-state index contributed by atoms with van der Waals surface area (Å²) < 4.78 is 0. The number of benzene rings is 1. The van der Waals surface area contributed by atoms with Crippen LogP contribution in [-0.4, -0.2) is 75.9 Å². The number of thioether (sulfide) groups is 1. The average Bonchev–Trinajstić information content (AvgIpc) is 3.31. The minimum Gasteiger partial charge on any atom is -0.480 e. The summed E-state index contributed by atoms with van der Waals surface area (Å²) >= 11 is 1.49. The van der Waals surface area contributed by atoms with Gasteiger partial charge in [-0.15, -0.1) is 0 Å². The maximum atomic E-state index is 13.4. The molecule has 1 heterocycles. The Labute approximate surface area is 231 Å². The van der Waals surface area contributed by atoms with Crippen molar-refractivity contribution in [2.75, 3.05) is 12.0 Å². The first-order valence-electron chi connectivity index (χ1n) is 12.7. The molecule has 5 unspecified atom stereocenters. The molecular weight excluding hydrogens is 524 g/mol. The van der Waals surface area contributed by atoms with E-state index >= 15 is 0 Å². The van der Waals surface area contributed by atoms with Crippen LogP contribution in [0.2, 0.25) is 0 Å². The van der Waals surface area contributed by atoms with Crippen molar-refractivity contribution in [2.24, 2.45) is 17.4 Å². The Bertz CT molecular complexity index is 1170. The van der Waals surface area contributed by atoms with E-state index < -0.39 is 60.2 Å². The highest BCUT2D eigenvalue weighted by Crippen LogP contribution is 2.19. The number of aromatic amines is 1. The van der Waals surface area contributed by atoms with E-state index in [-0.39, 0.29) is 18.8 Å². The maximum Gasteiger partial charge on any atom is 0.326 e. The lowest BCUT2D eigenvalue weighted by Gasteiger charge is -2.26. The number of aromatic nitrogens is 1. The number of aliphatic carboxylic acids is 1. The van der Waals surface area contributed by atoms with Crippen molar-refractivity contribution >= 4 is 52.3 Å². The summed E-state index contributed by atoms with van der Waals surface area (Å²) in [4.78, 5) is 65.5. The highest BCUT2D eigenvalue weighted by Gasteiger charge is 2.32. The van der Waals surface area contributed by atoms with E-state index in [1.807, 2.05) is 44.4 Å². The van der Waals surface area contributed by atoms with Crippen LogP contribution in [0.3, 0.4) is 0 Å². The normalized spacial score (nSPS) is 15.0. The number of carboxylic acid groups (broad SMARTS) is 1. The third-order valence-corrected chi connectivity index (χ3v) is 7.20. The number of rotatable bonds is 16. The largest absolute Gasteiger partial charge is 0.480 e. The Balaban J connectivity index is 2.32. The van der Waals surface area contributed by atoms with Gasteiger partial charge in [-0.2, -0.15) is 11.8 Å². The molecule has 0 spiro atoms. The number of carbonyl (C=O) groups excluding carboxylic acids is 4. The molecule has 0 fully saturated rings. The second kappa shape index (κ2) is 15.1. The Morgan fingerprint density at radius 2 is 1.62 bits per heavy atom. The van der Waals surface area contributed by atoms with E-state index in [4.69, 9.17) is 11.5 Å². The molecule has 39 heavy (non-hydrogen) atoms. The summed E-state index contributed by atoms with van der Waals surface area (Å²) in [5.74, 6) is -3.80. The Morgan fingerprint density at radius 3 is 2.23 bits per heavy atom. The number of primary amides is 1. The second-order valence-electron chi connectivity index (χ2n) is 9.45. The number of H-pyrrole nitrogens is 1. The van der Waals surface area contributed by atoms with Gasteiger partial charge in [-0.3, -0.25) is 19.2 Å². The molecule has 0 aliphatic heterocycles. The van der Waals surface area contributed by atoms with Crippen LogP contribution in [0.1, 0.15) is 38.7 Å². The topological polar surface area (TPSA) is 209 Å². The molecule has 9 N–H and O–H groups in total. The molecule has 13 heteroatoms. The molecule has 0 aliphatic rings. The quantitative estimate of drug-likeness (QED) is 0.150. The standard InChI is InChI=1S/C26H38N6O6S/c1-4-14(2)22(28)25(36)30-18(9-10-39-3)23(34)31-19(24(35)32-20(26(37)38)12-21(27)33)11-15-13-29-17-8-6-5-7-16(15)17/h5-8,13-14,18-20,22,29H,4,9-12,28H2,1-3H3,(H2,27,33)(H,30,36)(H,31,34)(H,32,35)(H,37,38). The zero-order valence-corrected chi connectivity index (χ0v) is 23.2. The van der Waals surface area contributed by atoms with Gasteiger partial charge in [0.15, 0.2) is 0 Å². The van der Waals surface area contributed by atoms with Gasteiger partial charge in [-0.25, -0.2) is 4.79 Å². The number of hydrogen-bond donors (Lipinski definition) is 7. The second-order valence-corrected chi connectivity index (χ2v) is 10.4. The predicted octanol–water partition coefficient (Wildman–Crippen LogP) is 0.251. The number of hydrogen-bond acceptors (Lipinski definition) is 7. The number of fused-ring (bicyclic) bond motifs is 1. The lowest BCUT2D eigenvalue weighted by Crippen LogP contribution is -2.58. The first-order chi connectivity index (χ1) is 18.5. The molecule has 0 bridgehead atoms. The van der Waals surface area contributed by atoms with Crippen LogP contribution in [-0.2, 0) is 30.4 Å². The summed E-state index contributed by atoms with van der Waals surface area (Å²) in [6.07, 6.45) is 3.92. The van der Waals surface area contributed by atoms with E-state index in [1.165, 1.54) is 11.8 Å². The Kier molecular flexibility index (Phi) is 12.3. The molecule has 12 nitrogen and oxygen atoms in total. The number of nitrogens with two attached hydrogens (primary N) is 2. The molecule has 1 aromatic carbocycles. The van der Waals surface area contributed by atoms with E-state index in [2.05, 4.69) is 20.9 Å². The van der Waals surface area contributed by atoms with Gasteiger partial charge in [0, 0.05) is 23.5 Å². The van der Waals surface area contributed by atoms with Gasteiger partial charge in [-0.1, -0.05) is 38.5 Å². The van der Waals surface area contributed by atoms with Crippen molar-refractivity contribution in [3.05, 3.63) is 36.0 Å². The minimum absolute atomic E-state index is 0.0140. The molecule has 2 aromatic rings. The van der Waals surface area contributed by atoms with E-state index in [9.17, 15) is 29.1 Å². The minimum atomic E-state index is -1.57. The fourth-order valence-electron chi connectivity index (χ4n) is 3.96. The number of nitrogens with one attached hydrogen (secondary N) is 4. The number of para-hydroxylation sites is 1. The van der Waals surface area contributed by atoms with Gasteiger partial charge in [0.2, 0.25) is 23.6 Å². The molecule has 2 rings (SSSR count). The summed E-state index contributed by atoms with van der Waals surface area (Å²) in [5.41, 5.74) is 12.7. The van der Waals surface area contributed by atoms with Crippen molar-refractivity contribution in [2.45, 2.75) is 63.7 Å². The van der Waals surface area contributed by atoms with Gasteiger partial charge in [0.05, 0.1) is 12.5 Å². The van der Waals surface area contributed by atoms with Gasteiger partial charge in [-0.05, 0) is 36.0 Å². The average molecular weight is 563 g/mol. The molecular formula is C26H38N6O6S. The summed E-state index contributed by atoms with van der Waals surface area (Å²) in [5, 5.41) is 18.0. The molecule has 214 valence electrons. The van der Waals surface area contributed by atoms with E-state index in [0.717, 1.165) is 10.9 Å². The third-order valence-electron chi connectivity index (χ3n) is 6.56. The predicted molar refractivity (Wildman–Crippen MR) is 150 cm³/mol. The van der Waals surface area contributed by atoms with Gasteiger partial charge >= 0.3 is 5.97 Å². The molecule has 0 saturated heterocycles. The third kappa shape index (κ3) is 9.29. The van der Waals surface area contributed by atoms with Crippen molar-refractivity contribution < 1.29 is 29.1 Å². The van der Waals surface area contributed by atoms with Crippen LogP contribution in [0.15, 0.2) is 30.5 Å². The molecule has 4 amide bonds. The van der Waals surface area contributed by atoms with Crippen LogP contribution in [0.25, 0.3) is 10.9 Å². The number of carbonyl (C=O) groups is 5. The highest BCUT2D eigenvalue weighted by atomic mass is 32.2. The fourth-order valence-corrected chi connectivity index (χ4v) is 4.43. The Hall–Kier alpha value is -3.58. The SMILES string of the molecule is CCC(C)C(N)C(=O)NC(CCSC)C(=O)NC(Cc1c[nH]c2ccccc12)C(=O)NC(CC(N)=O)C(=O)O. The first kappa shape index (κ1) is 31.6. The lowest BCUT2D eigenvalue weighted by molar-refractivity contribution is -0.143. The van der Waals surface area contributed by atoms with Crippen molar-refractivity contribution in [3.8, 4) is 0 Å². The van der Waals surface area contributed by atoms with Gasteiger partial charge in [0.1, 0.15) is 18.1 Å². The maximum absolute atomic E-state index is 13.4. The first-order valence-corrected chi connectivity index (χ1v) is 14.1. The van der Waals surface area contributed by atoms with Crippen LogP contribution in [0.4, 0.5) is 0 Å². The number of carboxylic acids is 1. The van der Waals surface area contributed by atoms with Crippen LogP contribution in [0, 0.1) is 5.92 Å². The lowest BCUT2D eigenvalue weighted by atomic mass is 9.99. The zero-order chi connectivity index (χ0) is 29.1. The van der Waals surface area contributed by atoms with Gasteiger partial charge in [0.25, 0.3) is 0 Å². The molecule has 1 aromatic heterocycles. The molecule has 5 atom stereocenters. The summed E-state index contributed by atoms with van der Waals surface area (Å²) in [6, 6.07) is 2.81. The van der Waals surface area contributed by atoms with E-state index in [1.54, 1.807) is 6.20 Å². The highest BCUT2D eigenvalue weighted by molar-refractivity contribution is 7.98. The van der Waals surface area contributed by atoms with Crippen molar-refractivity contribution in [1.82, 2.24) is 20.9 Å². The zero-order valence-electron chi connectivity index (χ0n) is 22.4. The number of amides is 4. The summed E-state index contributed by atoms with van der Waals surface area (Å²) in [6.45, 7) is 3.75. The summed E-state index contributed by atoms with van der Waals surface area (Å²) in [7, 11) is 0. The smallest absolute Gasteiger partial charge is 0.326 e. The van der Waals surface area contributed by atoms with Gasteiger partial charge < -0.3 is 37.5 Å². The fraction of sp³-hybridized carbons (Fsp3) is 0.500. The monoisotopic (exact) mass is 562 g/mol. The van der Waals surface area contributed by atoms with E-state index in [0.29, 0.717) is 17.7 Å². The molecule has 0 radical (unpaired) electrons. The van der Waals surface area contributed by atoms with Crippen molar-refractivity contribution in [1.29, 1.82) is 0 Å². The van der Waals surface area contributed by atoms with Crippen molar-refractivity contribution in [3.63, 3.8) is 0 Å². The molecule has 0 saturated carbocycles. The molecule has 0 aliphatic carbocycles. The van der Waals surface area contributed by atoms with Crippen LogP contribution in [0.5, 0.6) is 0 Å². The van der Waals surface area contributed by atoms with Crippen LogP contribution >= 0.6 is 11.8 Å².